The van der Waals surface area contributed by atoms with Crippen LogP contribution in [-0.4, -0.2) is 27.0 Å². The highest BCUT2D eigenvalue weighted by molar-refractivity contribution is 8.00. The van der Waals surface area contributed by atoms with E-state index in [4.69, 9.17) is 0 Å². The molecule has 0 saturated heterocycles. The molecule has 1 aliphatic rings. The van der Waals surface area contributed by atoms with Gasteiger partial charge in [0.25, 0.3) is 5.91 Å². The summed E-state index contributed by atoms with van der Waals surface area (Å²) in [6.07, 6.45) is 0. The maximum atomic E-state index is 12.6. The molecule has 0 spiro atoms. The van der Waals surface area contributed by atoms with Crippen LogP contribution in [0.3, 0.4) is 0 Å². The molecule has 2 heterocycles. The Morgan fingerprint density at radius 3 is 2.88 bits per heavy atom. The zero-order chi connectivity index (χ0) is 18.3. The van der Waals surface area contributed by atoms with Gasteiger partial charge in [-0.3, -0.25) is 9.59 Å². The van der Waals surface area contributed by atoms with Crippen molar-refractivity contribution in [1.82, 2.24) is 15.3 Å². The fourth-order valence-electron chi connectivity index (χ4n) is 2.88. The van der Waals surface area contributed by atoms with Gasteiger partial charge in [0.2, 0.25) is 5.91 Å². The minimum absolute atomic E-state index is 0.0456. The minimum atomic E-state index is -0.269. The Labute approximate surface area is 154 Å². The molecular weight excluding hydrogens is 348 g/mol. The molecule has 0 bridgehead atoms. The van der Waals surface area contributed by atoms with E-state index in [1.165, 1.54) is 11.8 Å². The zero-order valence-electron chi connectivity index (χ0n) is 14.4. The van der Waals surface area contributed by atoms with Crippen molar-refractivity contribution in [2.75, 3.05) is 5.32 Å². The average Bonchev–Trinajstić information content (AvgIpc) is 3.06. The fraction of sp³-hybridized carbons (Fsp3) is 0.211. The number of rotatable bonds is 3. The highest BCUT2D eigenvalue weighted by Crippen LogP contribution is 2.36. The number of hydrogen-bond acceptors (Lipinski definition) is 4. The van der Waals surface area contributed by atoms with Crippen molar-refractivity contribution < 1.29 is 9.59 Å². The first-order chi connectivity index (χ1) is 12.5. The largest absolute Gasteiger partial charge is 0.342 e. The second-order valence-electron chi connectivity index (χ2n) is 6.29. The molecular formula is C19H18N4O2S. The van der Waals surface area contributed by atoms with E-state index in [1.807, 2.05) is 44.2 Å². The first-order valence-corrected chi connectivity index (χ1v) is 9.26. The third-order valence-corrected chi connectivity index (χ3v) is 5.52. The van der Waals surface area contributed by atoms with Gasteiger partial charge >= 0.3 is 0 Å². The van der Waals surface area contributed by atoms with Gasteiger partial charge in [0.15, 0.2) is 0 Å². The van der Waals surface area contributed by atoms with Crippen molar-refractivity contribution in [3.63, 3.8) is 0 Å². The molecule has 6 nitrogen and oxygen atoms in total. The normalized spacial score (nSPS) is 17.5. The van der Waals surface area contributed by atoms with Crippen LogP contribution in [0.2, 0.25) is 0 Å². The quantitative estimate of drug-likeness (QED) is 0.662. The lowest BCUT2D eigenvalue weighted by Gasteiger charge is -2.22. The lowest BCUT2D eigenvalue weighted by molar-refractivity contribution is -0.115. The van der Waals surface area contributed by atoms with Crippen molar-refractivity contribution in [3.8, 4) is 0 Å². The number of carbonyl (C=O) groups is 2. The number of thioether (sulfide) groups is 1. The van der Waals surface area contributed by atoms with Crippen LogP contribution in [0.5, 0.6) is 0 Å². The standard InChI is InChI=1S/C19H18N4O2S/c1-10(17-21-13-5-3-4-6-14(13)22-17)20-19(25)12-7-8-16-15(9-12)23-18(24)11(2)26-16/h3-11H,1-2H3,(H,20,25)(H,21,22)(H,23,24). The van der Waals surface area contributed by atoms with Crippen LogP contribution in [0.1, 0.15) is 36.1 Å². The topological polar surface area (TPSA) is 86.9 Å². The van der Waals surface area contributed by atoms with Crippen LogP contribution < -0.4 is 10.6 Å². The van der Waals surface area contributed by atoms with Crippen LogP contribution in [0.15, 0.2) is 47.4 Å². The molecule has 3 N–H and O–H groups in total. The summed E-state index contributed by atoms with van der Waals surface area (Å²) in [5.74, 6) is 0.449. The average molecular weight is 366 g/mol. The number of H-pyrrole nitrogens is 1. The summed E-state index contributed by atoms with van der Waals surface area (Å²) in [6.45, 7) is 3.74. The summed E-state index contributed by atoms with van der Waals surface area (Å²) < 4.78 is 0. The summed E-state index contributed by atoms with van der Waals surface area (Å²) >= 11 is 1.49. The van der Waals surface area contributed by atoms with Crippen LogP contribution in [-0.2, 0) is 4.79 Å². The third kappa shape index (κ3) is 3.06. The van der Waals surface area contributed by atoms with Crippen LogP contribution >= 0.6 is 11.8 Å². The molecule has 1 aliphatic heterocycles. The van der Waals surface area contributed by atoms with E-state index < -0.39 is 0 Å². The number of nitrogens with one attached hydrogen (secondary N) is 3. The number of nitrogens with zero attached hydrogens (tertiary/aromatic N) is 1. The van der Waals surface area contributed by atoms with Gasteiger partial charge in [-0.25, -0.2) is 4.98 Å². The molecule has 132 valence electrons. The second-order valence-corrected chi connectivity index (χ2v) is 7.68. The summed E-state index contributed by atoms with van der Waals surface area (Å²) in [5, 5.41) is 5.67. The summed E-state index contributed by atoms with van der Waals surface area (Å²) in [5.41, 5.74) is 2.99. The number of carbonyl (C=O) groups excluding carboxylic acids is 2. The van der Waals surface area contributed by atoms with Gasteiger partial charge < -0.3 is 15.6 Å². The maximum Gasteiger partial charge on any atom is 0.251 e. The van der Waals surface area contributed by atoms with Gasteiger partial charge in [-0.05, 0) is 44.2 Å². The SMILES string of the molecule is CC1Sc2ccc(C(=O)NC(C)c3nc4ccccc4[nH]3)cc2NC1=O. The summed E-state index contributed by atoms with van der Waals surface area (Å²) in [6, 6.07) is 12.8. The van der Waals surface area contributed by atoms with Crippen molar-refractivity contribution in [3.05, 3.63) is 53.9 Å². The molecule has 3 aromatic rings. The van der Waals surface area contributed by atoms with Crippen molar-refractivity contribution >= 4 is 40.3 Å². The predicted molar refractivity (Wildman–Crippen MR) is 102 cm³/mol. The van der Waals surface area contributed by atoms with Gasteiger partial charge in [0.1, 0.15) is 5.82 Å². The molecule has 0 radical (unpaired) electrons. The van der Waals surface area contributed by atoms with Crippen molar-refractivity contribution in [2.45, 2.75) is 30.0 Å². The molecule has 26 heavy (non-hydrogen) atoms. The van der Waals surface area contributed by atoms with E-state index in [0.29, 0.717) is 17.1 Å². The lowest BCUT2D eigenvalue weighted by Crippen LogP contribution is -2.29. The number of amides is 2. The monoisotopic (exact) mass is 366 g/mol. The molecule has 0 saturated carbocycles. The Bertz CT molecular complexity index is 981. The zero-order valence-corrected chi connectivity index (χ0v) is 15.2. The number of anilines is 1. The number of hydrogen-bond donors (Lipinski definition) is 3. The van der Waals surface area contributed by atoms with Crippen LogP contribution in [0.25, 0.3) is 11.0 Å². The Morgan fingerprint density at radius 2 is 2.08 bits per heavy atom. The van der Waals surface area contributed by atoms with E-state index in [-0.39, 0.29) is 23.1 Å². The number of fused-ring (bicyclic) bond motifs is 2. The van der Waals surface area contributed by atoms with E-state index >= 15 is 0 Å². The highest BCUT2D eigenvalue weighted by atomic mass is 32.2. The highest BCUT2D eigenvalue weighted by Gasteiger charge is 2.24. The van der Waals surface area contributed by atoms with Gasteiger partial charge in [-0.2, -0.15) is 0 Å². The number of benzene rings is 2. The Balaban J connectivity index is 1.52. The smallest absolute Gasteiger partial charge is 0.251 e. The van der Waals surface area contributed by atoms with E-state index in [9.17, 15) is 9.59 Å². The van der Waals surface area contributed by atoms with Crippen LogP contribution in [0, 0.1) is 0 Å². The number of aromatic amines is 1. The molecule has 2 atom stereocenters. The van der Waals surface area contributed by atoms with Crippen molar-refractivity contribution in [2.24, 2.45) is 0 Å². The number of aromatic nitrogens is 2. The fourth-order valence-corrected chi connectivity index (χ4v) is 3.81. The first kappa shape index (κ1) is 16.7. The molecule has 4 rings (SSSR count). The lowest BCUT2D eigenvalue weighted by atomic mass is 10.1. The third-order valence-electron chi connectivity index (χ3n) is 4.34. The summed E-state index contributed by atoms with van der Waals surface area (Å²) in [4.78, 5) is 33.2. The van der Waals surface area contributed by atoms with Crippen LogP contribution in [0.4, 0.5) is 5.69 Å². The molecule has 7 heteroatoms. The molecule has 0 fully saturated rings. The minimum Gasteiger partial charge on any atom is -0.342 e. The van der Waals surface area contributed by atoms with Gasteiger partial charge in [0.05, 0.1) is 28.0 Å². The Hall–Kier alpha value is -2.80. The summed E-state index contributed by atoms with van der Waals surface area (Å²) in [7, 11) is 0. The van der Waals surface area contributed by atoms with E-state index in [2.05, 4.69) is 20.6 Å². The molecule has 2 aromatic carbocycles. The number of imidazole rings is 1. The van der Waals surface area contributed by atoms with Gasteiger partial charge in [0, 0.05) is 10.5 Å². The van der Waals surface area contributed by atoms with E-state index in [1.54, 1.807) is 12.1 Å². The van der Waals surface area contributed by atoms with Gasteiger partial charge in [-0.1, -0.05) is 12.1 Å². The Morgan fingerprint density at radius 1 is 1.27 bits per heavy atom. The molecule has 2 unspecified atom stereocenters. The second kappa shape index (κ2) is 6.49. The first-order valence-electron chi connectivity index (χ1n) is 8.38. The van der Waals surface area contributed by atoms with E-state index in [0.717, 1.165) is 15.9 Å². The Kier molecular flexibility index (Phi) is 4.16. The number of para-hydroxylation sites is 2. The van der Waals surface area contributed by atoms with Crippen molar-refractivity contribution in [1.29, 1.82) is 0 Å². The molecule has 2 amide bonds. The maximum absolute atomic E-state index is 12.6. The predicted octanol–water partition coefficient (Wildman–Crippen LogP) is 3.49. The molecule has 1 aromatic heterocycles. The van der Waals surface area contributed by atoms with Gasteiger partial charge in [-0.15, -0.1) is 11.8 Å². The molecule has 0 aliphatic carbocycles.